The predicted octanol–water partition coefficient (Wildman–Crippen LogP) is 0.854. The summed E-state index contributed by atoms with van der Waals surface area (Å²) in [5.41, 5.74) is -0.760. The van der Waals surface area contributed by atoms with E-state index in [-0.39, 0.29) is 0 Å². The fourth-order valence-corrected chi connectivity index (χ4v) is 1.18. The Morgan fingerprint density at radius 1 is 1.64 bits per heavy atom. The maximum absolute atomic E-state index is 9.60. The molecule has 1 unspecified atom stereocenters. The van der Waals surface area contributed by atoms with Gasteiger partial charge in [-0.15, -0.1) is 0 Å². The Bertz CT molecular complexity index is 147. The molecule has 0 saturated heterocycles. The molecule has 0 amide bonds. The minimum absolute atomic E-state index is 0.335. The van der Waals surface area contributed by atoms with Crippen molar-refractivity contribution in [1.29, 1.82) is 5.26 Å². The van der Waals surface area contributed by atoms with Gasteiger partial charge in [-0.1, -0.05) is 13.8 Å². The average molecular weight is 156 g/mol. The van der Waals surface area contributed by atoms with E-state index in [0.29, 0.717) is 18.9 Å². The number of aliphatic hydroxyl groups is 1. The average Bonchev–Trinajstić information content (AvgIpc) is 1.81. The van der Waals surface area contributed by atoms with Gasteiger partial charge in [0, 0.05) is 0 Å². The summed E-state index contributed by atoms with van der Waals surface area (Å²) >= 11 is 0. The van der Waals surface area contributed by atoms with Crippen LogP contribution >= 0.6 is 0 Å². The van der Waals surface area contributed by atoms with E-state index in [4.69, 9.17) is 5.26 Å². The minimum Gasteiger partial charge on any atom is -0.388 e. The molecule has 0 bridgehead atoms. The van der Waals surface area contributed by atoms with Crippen LogP contribution in [0.5, 0.6) is 0 Å². The molecule has 0 saturated carbocycles. The van der Waals surface area contributed by atoms with E-state index in [1.54, 1.807) is 13.1 Å². The van der Waals surface area contributed by atoms with Crippen molar-refractivity contribution >= 4 is 0 Å². The van der Waals surface area contributed by atoms with Crippen molar-refractivity contribution in [2.45, 2.75) is 32.8 Å². The summed E-state index contributed by atoms with van der Waals surface area (Å²) in [6.07, 6.45) is 2.50. The summed E-state index contributed by atoms with van der Waals surface area (Å²) in [5, 5.41) is 20.2. The van der Waals surface area contributed by atoms with Crippen LogP contribution in [0.2, 0.25) is 0 Å². The molecule has 0 spiro atoms. The summed E-state index contributed by atoms with van der Waals surface area (Å²) in [5.74, 6) is 0.450. The zero-order valence-corrected chi connectivity index (χ0v) is 7.39. The minimum atomic E-state index is -0.760. The monoisotopic (exact) mass is 156 g/mol. The van der Waals surface area contributed by atoms with E-state index in [2.05, 4.69) is 5.32 Å². The molecule has 64 valence electrons. The third-order valence-corrected chi connectivity index (χ3v) is 1.40. The lowest BCUT2D eigenvalue weighted by molar-refractivity contribution is 0.0422. The van der Waals surface area contributed by atoms with E-state index in [0.717, 1.165) is 0 Å². The van der Waals surface area contributed by atoms with Crippen LogP contribution in [0, 0.1) is 17.4 Å². The molecule has 0 rings (SSSR count). The number of nitrogens with one attached hydrogen (secondary N) is 1. The maximum atomic E-state index is 9.60. The van der Waals surface area contributed by atoms with Crippen molar-refractivity contribution < 1.29 is 5.11 Å². The Balaban J connectivity index is 3.72. The first-order chi connectivity index (χ1) is 4.98. The fourth-order valence-electron chi connectivity index (χ4n) is 1.18. The molecule has 0 aliphatic rings. The lowest BCUT2D eigenvalue weighted by Gasteiger charge is -2.23. The van der Waals surface area contributed by atoms with E-state index < -0.39 is 5.60 Å². The zero-order valence-electron chi connectivity index (χ0n) is 7.39. The van der Waals surface area contributed by atoms with Crippen LogP contribution in [-0.4, -0.2) is 17.3 Å². The van der Waals surface area contributed by atoms with Crippen molar-refractivity contribution in [3.05, 3.63) is 0 Å². The molecule has 0 aromatic rings. The summed E-state index contributed by atoms with van der Waals surface area (Å²) in [4.78, 5) is 0. The lowest BCUT2D eigenvalue weighted by Crippen LogP contribution is -2.37. The molecule has 0 aliphatic carbocycles. The predicted molar refractivity (Wildman–Crippen MR) is 43.7 cm³/mol. The third kappa shape index (κ3) is 5.68. The molecule has 0 fully saturated rings. The van der Waals surface area contributed by atoms with Crippen LogP contribution < -0.4 is 5.32 Å². The second kappa shape index (κ2) is 4.20. The lowest BCUT2D eigenvalue weighted by atomic mass is 9.94. The van der Waals surface area contributed by atoms with Crippen molar-refractivity contribution in [3.63, 3.8) is 0 Å². The normalized spacial score (nSPS) is 15.6. The van der Waals surface area contributed by atoms with Crippen LogP contribution in [-0.2, 0) is 0 Å². The first-order valence-corrected chi connectivity index (χ1v) is 3.82. The standard InChI is InChI=1S/C8H16N2O/c1-7(2)4-8(3,11)5-10-6-9/h7,10-11H,4-5H2,1-3H3. The summed E-state index contributed by atoms with van der Waals surface area (Å²) in [7, 11) is 0. The van der Waals surface area contributed by atoms with Gasteiger partial charge >= 0.3 is 0 Å². The largest absolute Gasteiger partial charge is 0.388 e. The van der Waals surface area contributed by atoms with E-state index >= 15 is 0 Å². The molecule has 1 atom stereocenters. The fraction of sp³-hybridized carbons (Fsp3) is 0.875. The van der Waals surface area contributed by atoms with Crippen LogP contribution in [0.3, 0.4) is 0 Å². The van der Waals surface area contributed by atoms with Gasteiger partial charge in [0.2, 0.25) is 0 Å². The van der Waals surface area contributed by atoms with E-state index in [1.165, 1.54) is 0 Å². The number of nitriles is 1. The van der Waals surface area contributed by atoms with Crippen molar-refractivity contribution in [1.82, 2.24) is 5.32 Å². The quantitative estimate of drug-likeness (QED) is 0.468. The number of hydrogen-bond donors (Lipinski definition) is 2. The molecule has 0 radical (unpaired) electrons. The number of nitrogens with zero attached hydrogens (tertiary/aromatic N) is 1. The van der Waals surface area contributed by atoms with Gasteiger partial charge in [-0.3, -0.25) is 0 Å². The highest BCUT2D eigenvalue weighted by Gasteiger charge is 2.20. The summed E-state index contributed by atoms with van der Waals surface area (Å²) in [6.45, 7) is 6.15. The van der Waals surface area contributed by atoms with Gasteiger partial charge in [-0.25, -0.2) is 0 Å². The second-order valence-corrected chi connectivity index (χ2v) is 3.56. The van der Waals surface area contributed by atoms with Crippen molar-refractivity contribution in [2.75, 3.05) is 6.54 Å². The van der Waals surface area contributed by atoms with Crippen LogP contribution in [0.15, 0.2) is 0 Å². The molecule has 3 nitrogen and oxygen atoms in total. The topological polar surface area (TPSA) is 56.0 Å². The Hall–Kier alpha value is -0.750. The first kappa shape index (κ1) is 10.2. The number of hydrogen-bond acceptors (Lipinski definition) is 3. The molecule has 0 heterocycles. The van der Waals surface area contributed by atoms with Crippen LogP contribution in [0.1, 0.15) is 27.2 Å². The Morgan fingerprint density at radius 3 is 2.55 bits per heavy atom. The van der Waals surface area contributed by atoms with Gasteiger partial charge < -0.3 is 10.4 Å². The number of rotatable bonds is 4. The SMILES string of the molecule is CC(C)CC(C)(O)CNC#N. The van der Waals surface area contributed by atoms with Gasteiger partial charge in [0.15, 0.2) is 6.19 Å². The van der Waals surface area contributed by atoms with Gasteiger partial charge in [0.25, 0.3) is 0 Å². The van der Waals surface area contributed by atoms with Gasteiger partial charge in [-0.05, 0) is 19.3 Å². The van der Waals surface area contributed by atoms with Crippen LogP contribution in [0.25, 0.3) is 0 Å². The summed E-state index contributed by atoms with van der Waals surface area (Å²) < 4.78 is 0. The van der Waals surface area contributed by atoms with E-state index in [9.17, 15) is 5.11 Å². The molecular formula is C8H16N2O. The maximum Gasteiger partial charge on any atom is 0.176 e. The highest BCUT2D eigenvalue weighted by atomic mass is 16.3. The van der Waals surface area contributed by atoms with Gasteiger partial charge in [0.05, 0.1) is 12.1 Å². The Morgan fingerprint density at radius 2 is 2.18 bits per heavy atom. The van der Waals surface area contributed by atoms with Crippen molar-refractivity contribution in [3.8, 4) is 6.19 Å². The molecule has 0 aromatic heterocycles. The molecular weight excluding hydrogens is 140 g/mol. The first-order valence-electron chi connectivity index (χ1n) is 3.82. The molecule has 0 aromatic carbocycles. The second-order valence-electron chi connectivity index (χ2n) is 3.56. The highest BCUT2D eigenvalue weighted by Crippen LogP contribution is 2.14. The highest BCUT2D eigenvalue weighted by molar-refractivity contribution is 4.80. The van der Waals surface area contributed by atoms with Gasteiger partial charge in [0.1, 0.15) is 0 Å². The molecule has 0 aliphatic heterocycles. The Kier molecular flexibility index (Phi) is 3.91. The van der Waals surface area contributed by atoms with Crippen molar-refractivity contribution in [2.24, 2.45) is 5.92 Å². The third-order valence-electron chi connectivity index (χ3n) is 1.40. The Labute approximate surface area is 68.0 Å². The molecule has 11 heavy (non-hydrogen) atoms. The zero-order chi connectivity index (χ0) is 8.91. The smallest absolute Gasteiger partial charge is 0.176 e. The van der Waals surface area contributed by atoms with Gasteiger partial charge in [-0.2, -0.15) is 5.26 Å². The van der Waals surface area contributed by atoms with E-state index in [1.807, 2.05) is 13.8 Å². The molecule has 2 N–H and O–H groups in total. The van der Waals surface area contributed by atoms with Crippen LogP contribution in [0.4, 0.5) is 0 Å². The summed E-state index contributed by atoms with van der Waals surface area (Å²) in [6, 6.07) is 0. The molecule has 3 heteroatoms.